The molecule has 0 aliphatic carbocycles. The molecule has 1 amide bonds. The molecule has 0 saturated carbocycles. The van der Waals surface area contributed by atoms with E-state index in [0.717, 1.165) is 24.6 Å². The second-order valence-corrected chi connectivity index (χ2v) is 8.40. The van der Waals surface area contributed by atoms with Crippen LogP contribution in [-0.2, 0) is 12.7 Å². The summed E-state index contributed by atoms with van der Waals surface area (Å²) in [4.78, 5) is 15.2. The molecule has 0 radical (unpaired) electrons. The van der Waals surface area contributed by atoms with Crippen molar-refractivity contribution in [2.45, 2.75) is 56.9 Å². The van der Waals surface area contributed by atoms with Gasteiger partial charge in [-0.3, -0.25) is 9.69 Å². The number of rotatable bonds is 4. The van der Waals surface area contributed by atoms with Gasteiger partial charge in [0.15, 0.2) is 0 Å². The third kappa shape index (κ3) is 4.21. The van der Waals surface area contributed by atoms with Crippen LogP contribution in [-0.4, -0.2) is 23.4 Å². The van der Waals surface area contributed by atoms with E-state index in [1.807, 2.05) is 18.2 Å². The molecule has 30 heavy (non-hydrogen) atoms. The van der Waals surface area contributed by atoms with Gasteiger partial charge < -0.3 is 5.32 Å². The summed E-state index contributed by atoms with van der Waals surface area (Å²) in [5, 5.41) is 2.19. The van der Waals surface area contributed by atoms with E-state index in [1.165, 1.54) is 43.4 Å². The van der Waals surface area contributed by atoms with Crippen molar-refractivity contribution in [3.8, 4) is 0 Å². The van der Waals surface area contributed by atoms with Crippen molar-refractivity contribution < 1.29 is 18.0 Å². The normalized spacial score (nSPS) is 22.0. The van der Waals surface area contributed by atoms with Gasteiger partial charge in [-0.15, -0.1) is 0 Å². The second-order valence-electron chi connectivity index (χ2n) is 8.03. The third-order valence-electron chi connectivity index (χ3n) is 6.25. The van der Waals surface area contributed by atoms with Gasteiger partial charge in [0, 0.05) is 18.6 Å². The van der Waals surface area contributed by atoms with E-state index in [-0.39, 0.29) is 12.1 Å². The summed E-state index contributed by atoms with van der Waals surface area (Å²) in [6.07, 6.45) is 1.40. The lowest BCUT2D eigenvalue weighted by molar-refractivity contribution is -0.137. The molecule has 160 valence electrons. The molecule has 2 aromatic rings. The van der Waals surface area contributed by atoms with Crippen LogP contribution in [0.5, 0.6) is 0 Å². The Morgan fingerprint density at radius 1 is 1.07 bits per heavy atom. The predicted molar refractivity (Wildman–Crippen MR) is 110 cm³/mol. The molecule has 2 aliphatic heterocycles. The van der Waals surface area contributed by atoms with Crippen molar-refractivity contribution in [3.63, 3.8) is 0 Å². The molecule has 7 heteroatoms. The van der Waals surface area contributed by atoms with Gasteiger partial charge >= 0.3 is 6.18 Å². The molecular formula is C23H24ClF3N2O. The zero-order valence-corrected chi connectivity index (χ0v) is 17.3. The average Bonchev–Trinajstić information content (AvgIpc) is 3.15. The second kappa shape index (κ2) is 8.60. The van der Waals surface area contributed by atoms with Crippen molar-refractivity contribution in [2.24, 2.45) is 0 Å². The molecular weight excluding hydrogens is 413 g/mol. The van der Waals surface area contributed by atoms with Gasteiger partial charge in [-0.2, -0.15) is 13.2 Å². The lowest BCUT2D eigenvalue weighted by atomic mass is 9.98. The highest BCUT2D eigenvalue weighted by atomic mass is 35.5. The van der Waals surface area contributed by atoms with Gasteiger partial charge in [-0.25, -0.2) is 0 Å². The van der Waals surface area contributed by atoms with E-state index in [0.29, 0.717) is 12.1 Å². The lowest BCUT2D eigenvalue weighted by Crippen LogP contribution is -2.36. The summed E-state index contributed by atoms with van der Waals surface area (Å²) in [5.41, 5.74) is 1.02. The van der Waals surface area contributed by atoms with Gasteiger partial charge in [-0.1, -0.05) is 48.4 Å². The highest BCUT2D eigenvalue weighted by Gasteiger charge is 2.37. The van der Waals surface area contributed by atoms with Crippen LogP contribution in [0.2, 0.25) is 5.02 Å². The summed E-state index contributed by atoms with van der Waals surface area (Å²) >= 11 is 5.89. The Hall–Kier alpha value is -2.05. The fourth-order valence-electron chi connectivity index (χ4n) is 4.81. The largest absolute Gasteiger partial charge is 0.417 e. The van der Waals surface area contributed by atoms with Gasteiger partial charge in [0.05, 0.1) is 16.1 Å². The SMILES string of the molecule is O=C(NCc1ccccc1C1CCC2CCCCN21)c1cccc(C(F)(F)F)c1Cl. The van der Waals surface area contributed by atoms with Crippen molar-refractivity contribution in [3.05, 3.63) is 69.7 Å². The minimum absolute atomic E-state index is 0.166. The van der Waals surface area contributed by atoms with Crippen LogP contribution < -0.4 is 5.32 Å². The molecule has 2 heterocycles. The standard InChI is InChI=1S/C23H24ClF3N2O/c24-21-18(9-5-10-19(21)23(25,26)27)22(30)28-14-15-6-1-2-8-17(15)20-12-11-16-7-3-4-13-29(16)20/h1-2,5-6,8-10,16,20H,3-4,7,11-14H2,(H,28,30). The van der Waals surface area contributed by atoms with Gasteiger partial charge in [0.2, 0.25) is 0 Å². The van der Waals surface area contributed by atoms with Gasteiger partial charge in [-0.05, 0) is 55.5 Å². The van der Waals surface area contributed by atoms with Crippen LogP contribution >= 0.6 is 11.6 Å². The van der Waals surface area contributed by atoms with E-state index >= 15 is 0 Å². The van der Waals surface area contributed by atoms with E-state index in [9.17, 15) is 18.0 Å². The van der Waals surface area contributed by atoms with E-state index in [1.54, 1.807) is 0 Å². The van der Waals surface area contributed by atoms with Gasteiger partial charge in [0.25, 0.3) is 5.91 Å². The van der Waals surface area contributed by atoms with E-state index in [4.69, 9.17) is 11.6 Å². The molecule has 4 rings (SSSR count). The zero-order valence-electron chi connectivity index (χ0n) is 16.5. The van der Waals surface area contributed by atoms with Crippen LogP contribution in [0, 0.1) is 0 Å². The first-order valence-corrected chi connectivity index (χ1v) is 10.7. The number of fused-ring (bicyclic) bond motifs is 1. The number of nitrogens with zero attached hydrogens (tertiary/aromatic N) is 1. The Morgan fingerprint density at radius 2 is 1.87 bits per heavy atom. The van der Waals surface area contributed by atoms with Crippen LogP contribution in [0.1, 0.15) is 65.2 Å². The molecule has 2 aliphatic rings. The summed E-state index contributed by atoms with van der Waals surface area (Å²) in [7, 11) is 0. The van der Waals surface area contributed by atoms with Crippen molar-refractivity contribution in [2.75, 3.05) is 6.54 Å². The summed E-state index contributed by atoms with van der Waals surface area (Å²) < 4.78 is 39.3. The summed E-state index contributed by atoms with van der Waals surface area (Å²) in [5.74, 6) is -0.608. The highest BCUT2D eigenvalue weighted by Crippen LogP contribution is 2.41. The highest BCUT2D eigenvalue weighted by molar-refractivity contribution is 6.34. The maximum absolute atomic E-state index is 13.1. The van der Waals surface area contributed by atoms with E-state index in [2.05, 4.69) is 16.3 Å². The lowest BCUT2D eigenvalue weighted by Gasteiger charge is -2.35. The minimum atomic E-state index is -4.60. The molecule has 2 unspecified atom stereocenters. The van der Waals surface area contributed by atoms with E-state index < -0.39 is 22.7 Å². The number of piperidine rings is 1. The van der Waals surface area contributed by atoms with Crippen molar-refractivity contribution in [1.29, 1.82) is 0 Å². The monoisotopic (exact) mass is 436 g/mol. The first kappa shape index (κ1) is 21.2. The number of alkyl halides is 3. The number of hydrogen-bond acceptors (Lipinski definition) is 2. The molecule has 0 bridgehead atoms. The summed E-state index contributed by atoms with van der Waals surface area (Å²) in [6.45, 7) is 1.34. The maximum Gasteiger partial charge on any atom is 0.417 e. The topological polar surface area (TPSA) is 32.3 Å². The molecule has 3 nitrogen and oxygen atoms in total. The number of amides is 1. The first-order chi connectivity index (χ1) is 14.4. The fraction of sp³-hybridized carbons (Fsp3) is 0.435. The Labute approximate surface area is 179 Å². The molecule has 0 aromatic heterocycles. The number of carbonyl (C=O) groups is 1. The average molecular weight is 437 g/mol. The number of nitrogens with one attached hydrogen (secondary N) is 1. The number of hydrogen-bond donors (Lipinski definition) is 1. The van der Waals surface area contributed by atoms with Crippen LogP contribution in [0.4, 0.5) is 13.2 Å². The predicted octanol–water partition coefficient (Wildman–Crippen LogP) is 5.98. The fourth-order valence-corrected chi connectivity index (χ4v) is 5.13. The first-order valence-electron chi connectivity index (χ1n) is 10.3. The number of halogens is 4. The maximum atomic E-state index is 13.1. The minimum Gasteiger partial charge on any atom is -0.348 e. The molecule has 1 N–H and O–H groups in total. The van der Waals surface area contributed by atoms with Crippen LogP contribution in [0.15, 0.2) is 42.5 Å². The van der Waals surface area contributed by atoms with Crippen LogP contribution in [0.3, 0.4) is 0 Å². The van der Waals surface area contributed by atoms with Gasteiger partial charge in [0.1, 0.15) is 0 Å². The smallest absolute Gasteiger partial charge is 0.348 e. The number of benzene rings is 2. The Morgan fingerprint density at radius 3 is 2.67 bits per heavy atom. The Kier molecular flexibility index (Phi) is 6.07. The quantitative estimate of drug-likeness (QED) is 0.639. The molecule has 0 spiro atoms. The number of carbonyl (C=O) groups excluding carboxylic acids is 1. The molecule has 2 aromatic carbocycles. The van der Waals surface area contributed by atoms with Crippen molar-refractivity contribution >= 4 is 17.5 Å². The summed E-state index contributed by atoms with van der Waals surface area (Å²) in [6, 6.07) is 12.4. The molecule has 2 fully saturated rings. The molecule has 2 saturated heterocycles. The van der Waals surface area contributed by atoms with Crippen molar-refractivity contribution in [1.82, 2.24) is 10.2 Å². The molecule has 2 atom stereocenters. The zero-order chi connectivity index (χ0) is 21.3. The third-order valence-corrected chi connectivity index (χ3v) is 6.66. The van der Waals surface area contributed by atoms with Crippen LogP contribution in [0.25, 0.3) is 0 Å². The Bertz CT molecular complexity index is 931. The Balaban J connectivity index is 1.51.